The zero-order valence-electron chi connectivity index (χ0n) is 25.2. The Morgan fingerprint density at radius 2 is 1.91 bits per heavy atom. The van der Waals surface area contributed by atoms with Crippen LogP contribution >= 0.6 is 0 Å². The van der Waals surface area contributed by atoms with Gasteiger partial charge in [-0.05, 0) is 63.4 Å². The van der Waals surface area contributed by atoms with Gasteiger partial charge in [0.25, 0.3) is 0 Å². The van der Waals surface area contributed by atoms with Crippen LogP contribution in [0.1, 0.15) is 42.5 Å². The predicted molar refractivity (Wildman–Crippen MR) is 160 cm³/mol. The van der Waals surface area contributed by atoms with Gasteiger partial charge in [0, 0.05) is 43.7 Å². The van der Waals surface area contributed by atoms with Gasteiger partial charge in [-0.1, -0.05) is 12.6 Å². The van der Waals surface area contributed by atoms with Crippen molar-refractivity contribution in [2.45, 2.75) is 50.9 Å². The van der Waals surface area contributed by atoms with Crippen LogP contribution in [0.4, 0.5) is 29.1 Å². The van der Waals surface area contributed by atoms with Gasteiger partial charge in [-0.25, -0.2) is 11.0 Å². The van der Waals surface area contributed by atoms with Crippen molar-refractivity contribution in [3.63, 3.8) is 0 Å². The number of carbonyl (C=O) groups excluding carboxylic acids is 1. The maximum absolute atomic E-state index is 14.5. The first-order valence-electron chi connectivity index (χ1n) is 15.5. The number of piperazine rings is 1. The molecule has 0 N–H and O–H groups in total. The van der Waals surface area contributed by atoms with Crippen molar-refractivity contribution < 1.29 is 27.1 Å². The molecule has 4 aliphatic rings. The van der Waals surface area contributed by atoms with Crippen molar-refractivity contribution >= 4 is 17.4 Å². The average Bonchev–Trinajstić information content (AvgIpc) is 3.59. The number of aromatic nitrogens is 2. The zero-order chi connectivity index (χ0) is 31.8. The minimum atomic E-state index is -4.86. The monoisotopic (exact) mass is 627 g/mol. The Hall–Kier alpha value is -3.92. The van der Waals surface area contributed by atoms with Crippen LogP contribution in [0.5, 0.6) is 6.01 Å². The molecule has 2 saturated heterocycles. The Kier molecular flexibility index (Phi) is 8.61. The highest BCUT2D eigenvalue weighted by atomic mass is 19.4. The summed E-state index contributed by atoms with van der Waals surface area (Å²) in [5.41, 5.74) is -0.175. The fourth-order valence-corrected chi connectivity index (χ4v) is 6.85. The number of hydrogen-bond acceptors (Lipinski definition) is 7. The average molecular weight is 628 g/mol. The second kappa shape index (κ2) is 12.5. The van der Waals surface area contributed by atoms with Crippen LogP contribution in [0, 0.1) is 17.8 Å². The molecule has 1 aliphatic carbocycles. The molecular formula is C32H37F4N7O2. The summed E-state index contributed by atoms with van der Waals surface area (Å²) in [6.45, 7) is 16.1. The van der Waals surface area contributed by atoms with E-state index in [1.807, 2.05) is 4.90 Å². The quantitative estimate of drug-likeness (QED) is 0.229. The lowest BCUT2D eigenvalue weighted by Gasteiger charge is -2.41. The highest BCUT2D eigenvalue weighted by Gasteiger charge is 2.46. The van der Waals surface area contributed by atoms with Crippen molar-refractivity contribution in [3.05, 3.63) is 64.9 Å². The summed E-state index contributed by atoms with van der Waals surface area (Å²) < 4.78 is 62.6. The van der Waals surface area contributed by atoms with Crippen LogP contribution in [-0.2, 0) is 23.9 Å². The summed E-state index contributed by atoms with van der Waals surface area (Å²) in [7, 11) is 0. The largest absolute Gasteiger partial charge is 0.463 e. The molecule has 3 aliphatic heterocycles. The van der Waals surface area contributed by atoms with Crippen LogP contribution < -0.4 is 14.5 Å². The Morgan fingerprint density at radius 1 is 1.13 bits per heavy atom. The number of hydrogen-bond donors (Lipinski definition) is 0. The molecule has 2 aromatic rings. The minimum Gasteiger partial charge on any atom is -0.463 e. The molecule has 45 heavy (non-hydrogen) atoms. The third kappa shape index (κ3) is 6.57. The third-order valence-corrected chi connectivity index (χ3v) is 9.40. The van der Waals surface area contributed by atoms with Gasteiger partial charge in [-0.2, -0.15) is 23.1 Å². The van der Waals surface area contributed by atoms with Crippen LogP contribution in [0.25, 0.3) is 4.85 Å². The molecule has 1 aromatic heterocycles. The molecule has 1 atom stereocenters. The van der Waals surface area contributed by atoms with Crippen LogP contribution in [-0.4, -0.2) is 90.7 Å². The number of nitrogens with zero attached hydrogens (tertiary/aromatic N) is 7. The van der Waals surface area contributed by atoms with Gasteiger partial charge in [0.1, 0.15) is 23.2 Å². The number of amides is 1. The summed E-state index contributed by atoms with van der Waals surface area (Å²) >= 11 is 0. The second-order valence-electron chi connectivity index (χ2n) is 12.5. The molecule has 9 nitrogen and oxygen atoms in total. The Labute approximate surface area is 260 Å². The first-order valence-corrected chi connectivity index (χ1v) is 15.5. The Bertz CT molecular complexity index is 1480. The molecule has 240 valence electrons. The van der Waals surface area contributed by atoms with Crippen molar-refractivity contribution in [2.75, 3.05) is 68.8 Å². The number of fused-ring (bicyclic) bond motifs is 1. The fraction of sp³-hybridized carbons (Fsp3) is 0.562. The topological polar surface area (TPSA) is 69.4 Å². The fourth-order valence-electron chi connectivity index (χ4n) is 6.85. The SMILES string of the molecule is [C-]#[N+]C[C@H]1CN(c2nc(OCC3(CN4CCCC4)CC3)nc3c2CCN(c2cccc(F)c2C(F)(F)F)C3)CCN1C(=O)C=C. The van der Waals surface area contributed by atoms with E-state index in [0.717, 1.165) is 44.1 Å². The number of rotatable bonds is 9. The number of alkyl halides is 3. The number of likely N-dealkylation sites (tertiary alicyclic amines) is 1. The smallest absolute Gasteiger partial charge is 0.421 e. The normalized spacial score (nSPS) is 21.3. The van der Waals surface area contributed by atoms with E-state index in [9.17, 15) is 22.4 Å². The van der Waals surface area contributed by atoms with Crippen LogP contribution in [0.15, 0.2) is 30.9 Å². The van der Waals surface area contributed by atoms with Crippen molar-refractivity contribution in [1.29, 1.82) is 0 Å². The zero-order valence-corrected chi connectivity index (χ0v) is 25.2. The van der Waals surface area contributed by atoms with Crippen molar-refractivity contribution in [2.24, 2.45) is 5.41 Å². The number of ether oxygens (including phenoxy) is 1. The Morgan fingerprint density at radius 3 is 2.60 bits per heavy atom. The first-order chi connectivity index (χ1) is 21.6. The van der Waals surface area contributed by atoms with Crippen molar-refractivity contribution in [1.82, 2.24) is 19.8 Å². The summed E-state index contributed by atoms with van der Waals surface area (Å²) in [5.74, 6) is -0.949. The molecule has 1 saturated carbocycles. The molecule has 0 unspecified atom stereocenters. The van der Waals surface area contributed by atoms with Gasteiger partial charge in [-0.3, -0.25) is 4.79 Å². The third-order valence-electron chi connectivity index (χ3n) is 9.40. The maximum atomic E-state index is 14.5. The molecule has 13 heteroatoms. The van der Waals surface area contributed by atoms with E-state index in [0.29, 0.717) is 44.2 Å². The lowest BCUT2D eigenvalue weighted by atomic mass is 10.0. The van der Waals surface area contributed by atoms with E-state index in [1.54, 1.807) is 4.90 Å². The molecule has 4 heterocycles. The van der Waals surface area contributed by atoms with Gasteiger partial charge in [0.2, 0.25) is 12.5 Å². The highest BCUT2D eigenvalue weighted by molar-refractivity contribution is 5.87. The summed E-state index contributed by atoms with van der Waals surface area (Å²) in [5, 5.41) is 0. The van der Waals surface area contributed by atoms with E-state index in [1.165, 1.54) is 36.0 Å². The Balaban J connectivity index is 1.31. The number of benzene rings is 1. The van der Waals surface area contributed by atoms with Gasteiger partial charge in [0.15, 0.2) is 0 Å². The highest BCUT2D eigenvalue weighted by Crippen LogP contribution is 2.47. The van der Waals surface area contributed by atoms with E-state index >= 15 is 0 Å². The number of halogens is 4. The second-order valence-corrected chi connectivity index (χ2v) is 12.5. The molecule has 0 spiro atoms. The van der Waals surface area contributed by atoms with Gasteiger partial charge in [0.05, 0.1) is 24.5 Å². The molecule has 0 radical (unpaired) electrons. The lowest BCUT2D eigenvalue weighted by molar-refractivity contribution is -0.139. The lowest BCUT2D eigenvalue weighted by Crippen LogP contribution is -2.56. The van der Waals surface area contributed by atoms with E-state index < -0.39 is 17.6 Å². The van der Waals surface area contributed by atoms with Gasteiger partial charge >= 0.3 is 12.2 Å². The standard InChI is InChI=1S/C32H37F4N7O2/c1-3-27(44)43-16-15-42(18-22(43)17-37-2)29-23-9-14-41(26-8-6-7-24(33)28(26)32(34,35)36)19-25(23)38-30(39-29)45-21-31(10-11-31)20-40-12-4-5-13-40/h3,6-8,22H,1,4-5,9-21H2/t22-/m0/s1. The molecular weight excluding hydrogens is 590 g/mol. The molecule has 6 rings (SSSR count). The van der Waals surface area contributed by atoms with Crippen molar-refractivity contribution in [3.8, 4) is 6.01 Å². The summed E-state index contributed by atoms with van der Waals surface area (Å²) in [6.07, 6.45) is 1.21. The number of anilines is 2. The van der Waals surface area contributed by atoms with E-state index in [2.05, 4.69) is 16.3 Å². The number of carbonyl (C=O) groups is 1. The molecule has 1 aromatic carbocycles. The van der Waals surface area contributed by atoms with Gasteiger partial charge < -0.3 is 29.2 Å². The molecule has 0 bridgehead atoms. The van der Waals surface area contributed by atoms with Crippen LogP contribution in [0.3, 0.4) is 0 Å². The van der Waals surface area contributed by atoms with Gasteiger partial charge in [-0.15, -0.1) is 0 Å². The maximum Gasteiger partial charge on any atom is 0.421 e. The van der Waals surface area contributed by atoms with E-state index in [-0.39, 0.29) is 48.7 Å². The summed E-state index contributed by atoms with van der Waals surface area (Å²) in [6, 6.07) is 3.17. The van der Waals surface area contributed by atoms with Crippen LogP contribution in [0.2, 0.25) is 0 Å². The van der Waals surface area contributed by atoms with E-state index in [4.69, 9.17) is 21.3 Å². The molecule has 3 fully saturated rings. The molecule has 1 amide bonds. The summed E-state index contributed by atoms with van der Waals surface area (Å²) in [4.78, 5) is 33.3. The first kappa shape index (κ1) is 31.1. The minimum absolute atomic E-state index is 0.0209. The predicted octanol–water partition coefficient (Wildman–Crippen LogP) is 4.57.